The summed E-state index contributed by atoms with van der Waals surface area (Å²) < 4.78 is 12.9. The number of ether oxygens (including phenoxy) is 1. The second kappa shape index (κ2) is 8.90. The van der Waals surface area contributed by atoms with Crippen molar-refractivity contribution in [2.75, 3.05) is 6.61 Å². The van der Waals surface area contributed by atoms with Crippen LogP contribution in [0.15, 0.2) is 40.9 Å². The Morgan fingerprint density at radius 1 is 1.14 bits per heavy atom. The number of esters is 1. The zero-order chi connectivity index (χ0) is 21.0. The van der Waals surface area contributed by atoms with Gasteiger partial charge in [-0.05, 0) is 33.8 Å². The van der Waals surface area contributed by atoms with Crippen LogP contribution in [0.5, 0.6) is 0 Å². The summed E-state index contributed by atoms with van der Waals surface area (Å²) in [6.45, 7) is 8.45. The van der Waals surface area contributed by atoms with Crippen molar-refractivity contribution < 1.29 is 18.7 Å². The fraction of sp³-hybridized carbons (Fsp3) is 0.348. The van der Waals surface area contributed by atoms with Gasteiger partial charge in [-0.15, -0.1) is 0 Å². The number of hydrogen-bond donors (Lipinski definition) is 0. The second-order valence-corrected chi connectivity index (χ2v) is 7.10. The molecule has 0 radical (unpaired) electrons. The zero-order valence-electron chi connectivity index (χ0n) is 17.3. The van der Waals surface area contributed by atoms with Crippen LogP contribution >= 0.6 is 0 Å². The van der Waals surface area contributed by atoms with Gasteiger partial charge in [0.05, 0.1) is 12.6 Å². The fourth-order valence-corrected chi connectivity index (χ4v) is 3.35. The van der Waals surface area contributed by atoms with E-state index in [1.165, 1.54) is 5.56 Å². The number of aromatic nitrogens is 2. The monoisotopic (exact) mass is 394 g/mol. The topological polar surface area (TPSA) is 74.3 Å². The minimum Gasteiger partial charge on any atom is -0.457 e. The number of carbonyl (C=O) groups excluding carboxylic acids is 2. The molecular weight excluding hydrogens is 368 g/mol. The molecule has 0 amide bonds. The first-order valence-corrected chi connectivity index (χ1v) is 9.76. The summed E-state index contributed by atoms with van der Waals surface area (Å²) in [6.07, 6.45) is 2.08. The van der Waals surface area contributed by atoms with E-state index in [2.05, 4.69) is 9.55 Å². The second-order valence-electron chi connectivity index (χ2n) is 7.10. The molecule has 0 saturated heterocycles. The molecule has 0 aliphatic rings. The van der Waals surface area contributed by atoms with Gasteiger partial charge in [-0.25, -0.2) is 4.98 Å². The summed E-state index contributed by atoms with van der Waals surface area (Å²) in [5, 5.41) is 0. The molecule has 152 valence electrons. The highest BCUT2D eigenvalue weighted by molar-refractivity contribution is 5.99. The lowest BCUT2D eigenvalue weighted by Crippen LogP contribution is -2.15. The van der Waals surface area contributed by atoms with E-state index in [0.29, 0.717) is 23.6 Å². The summed E-state index contributed by atoms with van der Waals surface area (Å²) in [4.78, 5) is 28.6. The molecule has 2 aromatic heterocycles. The van der Waals surface area contributed by atoms with Crippen molar-refractivity contribution in [2.24, 2.45) is 0 Å². The van der Waals surface area contributed by atoms with Gasteiger partial charge in [0.15, 0.2) is 18.3 Å². The van der Waals surface area contributed by atoms with Crippen LogP contribution in [0, 0.1) is 20.8 Å². The average Bonchev–Trinajstić information content (AvgIpc) is 3.29. The first kappa shape index (κ1) is 20.6. The van der Waals surface area contributed by atoms with Gasteiger partial charge < -0.3 is 13.7 Å². The maximum atomic E-state index is 12.4. The van der Waals surface area contributed by atoms with Crippen molar-refractivity contribution in [1.82, 2.24) is 9.55 Å². The third kappa shape index (κ3) is 4.83. The Morgan fingerprint density at radius 2 is 1.86 bits per heavy atom. The van der Waals surface area contributed by atoms with E-state index in [0.717, 1.165) is 23.5 Å². The molecule has 2 heterocycles. The SMILES string of the molecule is CCn1c(C)cc(C(=O)COC(=O)CCc2ncc(-c3ccc(C)cc3)o2)c1C. The van der Waals surface area contributed by atoms with Crippen LogP contribution < -0.4 is 0 Å². The number of oxazole rings is 1. The van der Waals surface area contributed by atoms with Crippen LogP contribution in [0.1, 0.15) is 46.5 Å². The molecule has 6 nitrogen and oxygen atoms in total. The van der Waals surface area contributed by atoms with Crippen LogP contribution in [0.3, 0.4) is 0 Å². The van der Waals surface area contributed by atoms with Crippen LogP contribution in [0.25, 0.3) is 11.3 Å². The third-order valence-corrected chi connectivity index (χ3v) is 4.99. The van der Waals surface area contributed by atoms with Crippen LogP contribution in [-0.2, 0) is 22.5 Å². The lowest BCUT2D eigenvalue weighted by atomic mass is 10.1. The highest BCUT2D eigenvalue weighted by Gasteiger charge is 2.17. The van der Waals surface area contributed by atoms with Crippen LogP contribution in [-0.4, -0.2) is 27.9 Å². The van der Waals surface area contributed by atoms with Gasteiger partial charge in [0.1, 0.15) is 0 Å². The summed E-state index contributed by atoms with van der Waals surface area (Å²) >= 11 is 0. The minimum absolute atomic E-state index is 0.106. The van der Waals surface area contributed by atoms with Crippen molar-refractivity contribution in [3.8, 4) is 11.3 Å². The van der Waals surface area contributed by atoms with Gasteiger partial charge >= 0.3 is 5.97 Å². The van der Waals surface area contributed by atoms with E-state index in [9.17, 15) is 9.59 Å². The van der Waals surface area contributed by atoms with Crippen molar-refractivity contribution in [3.63, 3.8) is 0 Å². The van der Waals surface area contributed by atoms with E-state index in [1.807, 2.05) is 58.0 Å². The maximum Gasteiger partial charge on any atom is 0.306 e. The molecule has 0 bridgehead atoms. The number of ketones is 1. The zero-order valence-corrected chi connectivity index (χ0v) is 17.3. The average molecular weight is 394 g/mol. The smallest absolute Gasteiger partial charge is 0.306 e. The molecule has 0 atom stereocenters. The number of aryl methyl sites for hydroxylation is 3. The predicted octanol–water partition coefficient (Wildman–Crippen LogP) is 4.45. The Kier molecular flexibility index (Phi) is 6.32. The lowest BCUT2D eigenvalue weighted by Gasteiger charge is -2.06. The number of carbonyl (C=O) groups is 2. The van der Waals surface area contributed by atoms with Crippen LogP contribution in [0.4, 0.5) is 0 Å². The maximum absolute atomic E-state index is 12.4. The molecular formula is C23H26N2O4. The van der Waals surface area contributed by atoms with Gasteiger partial charge in [0.2, 0.25) is 5.78 Å². The highest BCUT2D eigenvalue weighted by atomic mass is 16.5. The van der Waals surface area contributed by atoms with Gasteiger partial charge in [0, 0.05) is 35.5 Å². The molecule has 0 saturated carbocycles. The Labute approximate surface area is 170 Å². The molecule has 3 aromatic rings. The summed E-state index contributed by atoms with van der Waals surface area (Å²) in [6, 6.07) is 9.78. The van der Waals surface area contributed by atoms with Crippen LogP contribution in [0.2, 0.25) is 0 Å². The van der Waals surface area contributed by atoms with Crippen molar-refractivity contribution in [1.29, 1.82) is 0 Å². The Balaban J connectivity index is 1.50. The summed E-state index contributed by atoms with van der Waals surface area (Å²) in [5.74, 6) is 0.492. The van der Waals surface area contributed by atoms with Gasteiger partial charge in [0.25, 0.3) is 0 Å². The Morgan fingerprint density at radius 3 is 2.52 bits per heavy atom. The molecule has 0 aliphatic carbocycles. The van der Waals surface area contributed by atoms with E-state index in [4.69, 9.17) is 9.15 Å². The number of nitrogens with zero attached hydrogens (tertiary/aromatic N) is 2. The first-order valence-electron chi connectivity index (χ1n) is 9.76. The molecule has 29 heavy (non-hydrogen) atoms. The molecule has 0 spiro atoms. The van der Waals surface area contributed by atoms with Gasteiger partial charge in [-0.2, -0.15) is 0 Å². The minimum atomic E-state index is -0.447. The fourth-order valence-electron chi connectivity index (χ4n) is 3.35. The number of benzene rings is 1. The van der Waals surface area contributed by atoms with E-state index in [1.54, 1.807) is 6.20 Å². The Bertz CT molecular complexity index is 1010. The summed E-state index contributed by atoms with van der Waals surface area (Å²) in [7, 11) is 0. The molecule has 1 aromatic carbocycles. The highest BCUT2D eigenvalue weighted by Crippen LogP contribution is 2.21. The molecule has 6 heteroatoms. The number of hydrogen-bond acceptors (Lipinski definition) is 5. The van der Waals surface area contributed by atoms with Crippen molar-refractivity contribution in [3.05, 3.63) is 64.9 Å². The van der Waals surface area contributed by atoms with Gasteiger partial charge in [-0.3, -0.25) is 9.59 Å². The standard InChI is InChI=1S/C23H26N2O4/c1-5-25-16(3)12-19(17(25)4)20(26)14-28-23(27)11-10-22-24-13-21(29-22)18-8-6-15(2)7-9-18/h6-9,12-13H,5,10-11,14H2,1-4H3. The quantitative estimate of drug-likeness (QED) is 0.417. The molecule has 0 fully saturated rings. The molecule has 0 unspecified atom stereocenters. The third-order valence-electron chi connectivity index (χ3n) is 4.99. The predicted molar refractivity (Wildman–Crippen MR) is 110 cm³/mol. The Hall–Kier alpha value is -3.15. The lowest BCUT2D eigenvalue weighted by molar-refractivity contribution is -0.142. The molecule has 3 rings (SSSR count). The van der Waals surface area contributed by atoms with Crippen molar-refractivity contribution >= 4 is 11.8 Å². The van der Waals surface area contributed by atoms with E-state index in [-0.39, 0.29) is 18.8 Å². The molecule has 0 aliphatic heterocycles. The normalized spacial score (nSPS) is 10.9. The van der Waals surface area contributed by atoms with Crippen molar-refractivity contribution in [2.45, 2.75) is 47.1 Å². The number of rotatable bonds is 8. The van der Waals surface area contributed by atoms with E-state index < -0.39 is 5.97 Å². The largest absolute Gasteiger partial charge is 0.457 e. The first-order chi connectivity index (χ1) is 13.9. The molecule has 0 N–H and O–H groups in total. The van der Waals surface area contributed by atoms with Gasteiger partial charge in [-0.1, -0.05) is 29.8 Å². The number of Topliss-reactive ketones (excluding diaryl/α,β-unsaturated/α-hetero) is 1. The van der Waals surface area contributed by atoms with E-state index >= 15 is 0 Å². The summed E-state index contributed by atoms with van der Waals surface area (Å²) in [5.41, 5.74) is 4.63.